The zero-order valence-electron chi connectivity index (χ0n) is 27.0. The summed E-state index contributed by atoms with van der Waals surface area (Å²) in [6, 6.07) is 25.0. The van der Waals surface area contributed by atoms with Crippen LogP contribution in [-0.4, -0.2) is 23.5 Å². The molecule has 0 spiro atoms. The van der Waals surface area contributed by atoms with Gasteiger partial charge in [0.15, 0.2) is 11.6 Å². The number of hydrogen-bond donors (Lipinski definition) is 0. The number of carboxylic acids is 2. The Bertz CT molecular complexity index is 1620. The van der Waals surface area contributed by atoms with E-state index in [1.165, 1.54) is 24.3 Å². The second kappa shape index (κ2) is 21.2. The van der Waals surface area contributed by atoms with Crippen LogP contribution in [0.1, 0.15) is 55.8 Å². The normalized spacial score (nSPS) is 10.4. The summed E-state index contributed by atoms with van der Waals surface area (Å²) in [6.45, 7) is 0. The molecule has 0 aliphatic rings. The Kier molecular flexibility index (Phi) is 19.4. The van der Waals surface area contributed by atoms with Gasteiger partial charge in [0.2, 0.25) is 0 Å². The second-order valence-corrected chi connectivity index (χ2v) is 11.5. The van der Waals surface area contributed by atoms with Gasteiger partial charge >= 0.3 is 96.5 Å². The third kappa shape index (κ3) is 14.8. The van der Waals surface area contributed by atoms with Crippen LogP contribution in [0.25, 0.3) is 0 Å². The molecule has 0 bridgehead atoms. The molecule has 48 heavy (non-hydrogen) atoms. The Hall–Kier alpha value is -2.05. The molecule has 0 heterocycles. The molecular weight excluding hydrogens is 668 g/mol. The minimum Gasteiger partial charge on any atom is -0.736 e. The van der Waals surface area contributed by atoms with Crippen LogP contribution in [0, 0.1) is 0 Å². The van der Waals surface area contributed by atoms with Crippen molar-refractivity contribution in [2.75, 3.05) is 0 Å². The summed E-state index contributed by atoms with van der Waals surface area (Å²) in [6.07, 6.45) is 0.413. The van der Waals surface area contributed by atoms with Crippen molar-refractivity contribution in [3.63, 3.8) is 0 Å². The topological polar surface area (TPSA) is 173 Å². The quantitative estimate of drug-likeness (QED) is 0.0624. The van der Waals surface area contributed by atoms with Gasteiger partial charge in [-0.1, -0.05) is 72.8 Å². The number of aliphatic carboxylic acids is 2. The summed E-state index contributed by atoms with van der Waals surface area (Å²) in [7, 11) is -4.85. The van der Waals surface area contributed by atoms with Crippen LogP contribution in [-0.2, 0) is 39.8 Å². The fourth-order valence-corrected chi connectivity index (χ4v) is 5.33. The van der Waals surface area contributed by atoms with E-state index in [-0.39, 0.29) is 137 Å². The van der Waals surface area contributed by atoms with Crippen molar-refractivity contribution in [1.29, 1.82) is 0 Å². The van der Waals surface area contributed by atoms with E-state index in [0.717, 1.165) is 0 Å². The first-order chi connectivity index (χ1) is 21.5. The smallest absolute Gasteiger partial charge is 0.736 e. The van der Waals surface area contributed by atoms with Gasteiger partial charge in [0, 0.05) is 48.7 Å². The van der Waals surface area contributed by atoms with Crippen LogP contribution < -0.4 is 113 Å². The summed E-state index contributed by atoms with van der Waals surface area (Å²) in [5.41, 5.74) is 3.24. The van der Waals surface area contributed by atoms with Crippen molar-refractivity contribution in [2.24, 2.45) is 0 Å². The predicted molar refractivity (Wildman–Crippen MR) is 157 cm³/mol. The predicted octanol–water partition coefficient (Wildman–Crippen LogP) is -6.16. The largest absolute Gasteiger partial charge is 1.00 e. The number of Topliss-reactive ketones (excluding diaryl/α,β-unsaturated/α-hetero) is 2. The molecule has 0 saturated carbocycles. The molecule has 4 rings (SSSR count). The average Bonchev–Trinajstić information content (AvgIpc) is 2.99. The Morgan fingerprint density at radius 1 is 0.542 bits per heavy atom. The minimum atomic E-state index is -4.85. The molecule has 0 atom stereocenters. The van der Waals surface area contributed by atoms with E-state index in [1.54, 1.807) is 72.8 Å². The third-order valence-electron chi connectivity index (χ3n) is 6.76. The molecule has 0 radical (unpaired) electrons. The van der Waals surface area contributed by atoms with Crippen LogP contribution in [0.4, 0.5) is 0 Å². The van der Waals surface area contributed by atoms with Gasteiger partial charge in [0.25, 0.3) is 0 Å². The monoisotopic (exact) mass is 696 g/mol. The Morgan fingerprint density at radius 3 is 1.23 bits per heavy atom. The van der Waals surface area contributed by atoms with Crippen LogP contribution >= 0.6 is 7.82 Å². The molecular formula is C34H28Na3O10P. The molecule has 232 valence electrons. The van der Waals surface area contributed by atoms with E-state index < -0.39 is 19.8 Å². The van der Waals surface area contributed by atoms with Gasteiger partial charge in [0.1, 0.15) is 11.5 Å². The Labute approximate surface area is 344 Å². The number of carbonyl (C=O) groups is 4. The van der Waals surface area contributed by atoms with Crippen LogP contribution in [0.15, 0.2) is 97.1 Å². The summed E-state index contributed by atoms with van der Waals surface area (Å²) >= 11 is 0. The van der Waals surface area contributed by atoms with Gasteiger partial charge in [0.05, 0.1) is 0 Å². The number of aryl methyl sites for hydroxylation is 2. The van der Waals surface area contributed by atoms with Crippen molar-refractivity contribution in [3.05, 3.63) is 130 Å². The standard InChI is InChI=1S/C34H31O10P.3Na/c35-31(27-13-7-25(8-14-27)21-33(37)38)17-11-23-3-1-5-29(19-23)43-45(41,42)44-30-6-2-4-24(20-30)12-18-32(36)28-15-9-26(10-16-28)22-34(39)40;;;/h1-10,13-16,19-20H,11-12,17-18,21-22H2,(H,37,38)(H,39,40)(H,41,42);;;/q;3*+1/p-3. The van der Waals surface area contributed by atoms with E-state index in [4.69, 9.17) is 9.05 Å². The molecule has 0 amide bonds. The number of phosphoric ester groups is 1. The van der Waals surface area contributed by atoms with Crippen LogP contribution in [0.3, 0.4) is 0 Å². The Morgan fingerprint density at radius 2 is 0.896 bits per heavy atom. The number of phosphoric acid groups is 1. The molecule has 0 aliphatic carbocycles. The molecule has 4 aromatic carbocycles. The first-order valence-electron chi connectivity index (χ1n) is 14.0. The van der Waals surface area contributed by atoms with Crippen molar-refractivity contribution < 1.29 is 137 Å². The molecule has 14 heteroatoms. The zero-order valence-corrected chi connectivity index (χ0v) is 33.9. The van der Waals surface area contributed by atoms with Gasteiger partial charge < -0.3 is 33.7 Å². The number of carbonyl (C=O) groups excluding carboxylic acids is 4. The minimum absolute atomic E-state index is 0. The van der Waals surface area contributed by atoms with Crippen molar-refractivity contribution in [3.8, 4) is 11.5 Å². The van der Waals surface area contributed by atoms with Crippen LogP contribution in [0.5, 0.6) is 11.5 Å². The molecule has 10 nitrogen and oxygen atoms in total. The van der Waals surface area contributed by atoms with E-state index in [9.17, 15) is 38.8 Å². The van der Waals surface area contributed by atoms with Gasteiger partial charge in [-0.05, 0) is 59.4 Å². The fraction of sp³-hybridized carbons (Fsp3) is 0.176. The first-order valence-corrected chi connectivity index (χ1v) is 15.4. The molecule has 4 aromatic rings. The van der Waals surface area contributed by atoms with Gasteiger partial charge in [-0.25, -0.2) is 4.57 Å². The number of benzene rings is 4. The Balaban J connectivity index is 0.00000384. The maximum Gasteiger partial charge on any atom is 1.00 e. The first kappa shape index (κ1) is 44.0. The molecule has 0 aliphatic heterocycles. The van der Waals surface area contributed by atoms with Crippen molar-refractivity contribution in [2.45, 2.75) is 38.5 Å². The van der Waals surface area contributed by atoms with Gasteiger partial charge in [-0.15, -0.1) is 0 Å². The van der Waals surface area contributed by atoms with Gasteiger partial charge in [-0.3, -0.25) is 9.59 Å². The van der Waals surface area contributed by atoms with Gasteiger partial charge in [-0.2, -0.15) is 0 Å². The zero-order chi connectivity index (χ0) is 32.4. The summed E-state index contributed by atoms with van der Waals surface area (Å²) in [4.78, 5) is 59.3. The van der Waals surface area contributed by atoms with Crippen molar-refractivity contribution >= 4 is 31.3 Å². The van der Waals surface area contributed by atoms with E-state index in [2.05, 4.69) is 0 Å². The molecule has 0 aromatic heterocycles. The number of rotatable bonds is 16. The summed E-state index contributed by atoms with van der Waals surface area (Å²) in [5.74, 6) is -2.71. The van der Waals surface area contributed by atoms with Crippen LogP contribution in [0.2, 0.25) is 0 Å². The second-order valence-electron chi connectivity index (χ2n) is 10.3. The molecule has 0 N–H and O–H groups in total. The average molecular weight is 697 g/mol. The molecule has 0 unspecified atom stereocenters. The molecule has 0 saturated heterocycles. The number of hydrogen-bond acceptors (Lipinski definition) is 10. The van der Waals surface area contributed by atoms with E-state index in [0.29, 0.717) is 46.2 Å². The van der Waals surface area contributed by atoms with E-state index in [1.807, 2.05) is 0 Å². The van der Waals surface area contributed by atoms with E-state index >= 15 is 0 Å². The maximum atomic E-state index is 12.7. The SMILES string of the molecule is O=C([O-])Cc1ccc(C(=O)CCc2cccc(OP(=O)([O-])Oc3cccc(CCC(=O)c4ccc(CC(=O)[O-])cc4)c3)c2)cc1.[Na+].[Na+].[Na+]. The van der Waals surface area contributed by atoms with Crippen molar-refractivity contribution in [1.82, 2.24) is 0 Å². The summed E-state index contributed by atoms with van der Waals surface area (Å²) < 4.78 is 23.0. The molecule has 0 fully saturated rings. The number of ketones is 2. The maximum absolute atomic E-state index is 12.7. The summed E-state index contributed by atoms with van der Waals surface area (Å²) in [5, 5.41) is 21.4. The fourth-order valence-electron chi connectivity index (χ4n) is 4.55. The number of carboxylic acid groups (broad SMARTS) is 2. The third-order valence-corrected chi connectivity index (χ3v) is 7.63.